The summed E-state index contributed by atoms with van der Waals surface area (Å²) in [5.74, 6) is 0. The third-order valence-electron chi connectivity index (χ3n) is 1.39. The molecule has 3 N–H and O–H groups in total. The predicted molar refractivity (Wildman–Crippen MR) is 50.7 cm³/mol. The van der Waals surface area contributed by atoms with E-state index < -0.39 is 6.10 Å². The maximum absolute atomic E-state index is 9.49. The average Bonchev–Trinajstić information content (AvgIpc) is 2.36. The molecule has 62 valence electrons. The van der Waals surface area contributed by atoms with Gasteiger partial charge in [-0.15, -0.1) is 11.3 Å². The second-order valence-corrected chi connectivity index (χ2v) is 4.03. The van der Waals surface area contributed by atoms with Crippen LogP contribution in [0.5, 0.6) is 0 Å². The van der Waals surface area contributed by atoms with Crippen LogP contribution in [0, 0.1) is 0 Å². The second-order valence-electron chi connectivity index (χ2n) is 2.23. The highest BCUT2D eigenvalue weighted by atomic mass is 79.9. The van der Waals surface area contributed by atoms with Crippen molar-refractivity contribution < 1.29 is 5.11 Å². The molecule has 11 heavy (non-hydrogen) atoms. The Hall–Kier alpha value is 0.100. The molecule has 1 rings (SSSR count). The Morgan fingerprint density at radius 3 is 2.91 bits per heavy atom. The van der Waals surface area contributed by atoms with E-state index in [0.29, 0.717) is 13.0 Å². The van der Waals surface area contributed by atoms with Crippen LogP contribution in [-0.2, 0) is 0 Å². The van der Waals surface area contributed by atoms with Gasteiger partial charge in [0.25, 0.3) is 0 Å². The molecule has 1 heterocycles. The highest BCUT2D eigenvalue weighted by Gasteiger charge is 2.10. The third kappa shape index (κ3) is 2.27. The highest BCUT2D eigenvalue weighted by Crippen LogP contribution is 2.30. The minimum atomic E-state index is -0.408. The lowest BCUT2D eigenvalue weighted by molar-refractivity contribution is 0.173. The van der Waals surface area contributed by atoms with Gasteiger partial charge in [0.15, 0.2) is 0 Å². The molecule has 0 amide bonds. The van der Waals surface area contributed by atoms with Crippen molar-refractivity contribution in [3.8, 4) is 0 Å². The molecule has 0 saturated heterocycles. The van der Waals surface area contributed by atoms with E-state index in [4.69, 9.17) is 5.73 Å². The molecule has 0 aliphatic heterocycles. The lowest BCUT2D eigenvalue weighted by atomic mass is 10.2. The molecule has 1 aromatic heterocycles. The van der Waals surface area contributed by atoms with Crippen LogP contribution in [0.2, 0.25) is 0 Å². The normalized spacial score (nSPS) is 13.4. The van der Waals surface area contributed by atoms with Gasteiger partial charge in [-0.3, -0.25) is 0 Å². The zero-order valence-corrected chi connectivity index (χ0v) is 8.36. The third-order valence-corrected chi connectivity index (χ3v) is 3.36. The van der Waals surface area contributed by atoms with Gasteiger partial charge in [-0.1, -0.05) is 0 Å². The second kappa shape index (κ2) is 4.21. The van der Waals surface area contributed by atoms with Crippen molar-refractivity contribution in [1.29, 1.82) is 0 Å². The SMILES string of the molecule is NCC[C@H](O)c1sccc1Br. The highest BCUT2D eigenvalue weighted by molar-refractivity contribution is 9.10. The van der Waals surface area contributed by atoms with Crippen LogP contribution >= 0.6 is 27.3 Å². The zero-order valence-electron chi connectivity index (χ0n) is 5.96. The summed E-state index contributed by atoms with van der Waals surface area (Å²) in [7, 11) is 0. The number of nitrogens with two attached hydrogens (primary N) is 1. The lowest BCUT2D eigenvalue weighted by Gasteiger charge is -2.06. The summed E-state index contributed by atoms with van der Waals surface area (Å²) in [4.78, 5) is 0.968. The van der Waals surface area contributed by atoms with Crippen LogP contribution in [0.4, 0.5) is 0 Å². The quantitative estimate of drug-likeness (QED) is 0.841. The first-order chi connectivity index (χ1) is 5.25. The molecule has 2 nitrogen and oxygen atoms in total. The van der Waals surface area contributed by atoms with Gasteiger partial charge in [-0.25, -0.2) is 0 Å². The molecule has 0 unspecified atom stereocenters. The van der Waals surface area contributed by atoms with Gasteiger partial charge in [0.2, 0.25) is 0 Å². The largest absolute Gasteiger partial charge is 0.387 e. The van der Waals surface area contributed by atoms with E-state index in [1.165, 1.54) is 0 Å². The maximum Gasteiger partial charge on any atom is 0.0905 e. The summed E-state index contributed by atoms with van der Waals surface area (Å²) < 4.78 is 0.975. The summed E-state index contributed by atoms with van der Waals surface area (Å²) in [6.07, 6.45) is 0.216. The number of halogens is 1. The fraction of sp³-hybridized carbons (Fsp3) is 0.429. The van der Waals surface area contributed by atoms with Gasteiger partial charge >= 0.3 is 0 Å². The molecule has 0 saturated carbocycles. The van der Waals surface area contributed by atoms with Crippen LogP contribution in [0.15, 0.2) is 15.9 Å². The maximum atomic E-state index is 9.49. The average molecular weight is 236 g/mol. The van der Waals surface area contributed by atoms with E-state index in [2.05, 4.69) is 15.9 Å². The molecule has 0 fully saturated rings. The molecule has 0 spiro atoms. The van der Waals surface area contributed by atoms with Crippen molar-refractivity contribution in [2.45, 2.75) is 12.5 Å². The predicted octanol–water partition coefficient (Wildman–Crippen LogP) is 1.89. The fourth-order valence-corrected chi connectivity index (χ4v) is 2.49. The molecule has 1 aromatic rings. The van der Waals surface area contributed by atoms with Gasteiger partial charge in [0, 0.05) is 9.35 Å². The van der Waals surface area contributed by atoms with Crippen molar-refractivity contribution in [3.05, 3.63) is 20.8 Å². The summed E-state index contributed by atoms with van der Waals surface area (Å²) in [6.45, 7) is 0.519. The molecule has 0 radical (unpaired) electrons. The summed E-state index contributed by atoms with van der Waals surface area (Å²) in [6, 6.07) is 1.93. The van der Waals surface area contributed by atoms with Crippen molar-refractivity contribution >= 4 is 27.3 Å². The van der Waals surface area contributed by atoms with Gasteiger partial charge in [-0.05, 0) is 40.3 Å². The molecular weight excluding hydrogens is 226 g/mol. The van der Waals surface area contributed by atoms with E-state index in [9.17, 15) is 5.11 Å². The van der Waals surface area contributed by atoms with Gasteiger partial charge in [0.05, 0.1) is 6.10 Å². The minimum absolute atomic E-state index is 0.408. The Morgan fingerprint density at radius 1 is 1.73 bits per heavy atom. The Kier molecular flexibility index (Phi) is 3.51. The molecule has 4 heteroatoms. The van der Waals surface area contributed by atoms with Crippen molar-refractivity contribution in [2.75, 3.05) is 6.54 Å². The van der Waals surface area contributed by atoms with Crippen molar-refractivity contribution in [2.24, 2.45) is 5.73 Å². The van der Waals surface area contributed by atoms with Crippen LogP contribution in [0.1, 0.15) is 17.4 Å². The standard InChI is InChI=1S/C7H10BrNOS/c8-5-2-4-11-7(5)6(10)1-3-9/h2,4,6,10H,1,3,9H2/t6-/m0/s1. The number of hydrogen-bond donors (Lipinski definition) is 2. The number of rotatable bonds is 3. The first kappa shape index (κ1) is 9.19. The Bertz CT molecular complexity index is 226. The van der Waals surface area contributed by atoms with E-state index >= 15 is 0 Å². The molecule has 0 bridgehead atoms. The van der Waals surface area contributed by atoms with E-state index in [1.807, 2.05) is 11.4 Å². The summed E-state index contributed by atoms with van der Waals surface area (Å²) in [5.41, 5.74) is 5.31. The molecule has 0 aliphatic rings. The minimum Gasteiger partial charge on any atom is -0.387 e. The first-order valence-electron chi connectivity index (χ1n) is 3.36. The lowest BCUT2D eigenvalue weighted by Crippen LogP contribution is -2.05. The van der Waals surface area contributed by atoms with Gasteiger partial charge < -0.3 is 10.8 Å². The monoisotopic (exact) mass is 235 g/mol. The summed E-state index contributed by atoms with van der Waals surface area (Å²) in [5, 5.41) is 11.4. The van der Waals surface area contributed by atoms with Gasteiger partial charge in [0.1, 0.15) is 0 Å². The van der Waals surface area contributed by atoms with Crippen LogP contribution < -0.4 is 5.73 Å². The summed E-state index contributed by atoms with van der Waals surface area (Å²) >= 11 is 4.89. The molecule has 0 aromatic carbocycles. The first-order valence-corrected chi connectivity index (χ1v) is 5.04. The number of aliphatic hydroxyl groups is 1. The fourth-order valence-electron chi connectivity index (χ4n) is 0.832. The molecule has 1 atom stereocenters. The van der Waals surface area contributed by atoms with Crippen molar-refractivity contribution in [3.63, 3.8) is 0 Å². The van der Waals surface area contributed by atoms with E-state index in [-0.39, 0.29) is 0 Å². The zero-order chi connectivity index (χ0) is 8.27. The van der Waals surface area contributed by atoms with E-state index in [1.54, 1.807) is 11.3 Å². The topological polar surface area (TPSA) is 46.2 Å². The smallest absolute Gasteiger partial charge is 0.0905 e. The Labute approximate surface area is 78.2 Å². The number of thiophene rings is 1. The Morgan fingerprint density at radius 2 is 2.45 bits per heavy atom. The van der Waals surface area contributed by atoms with Crippen LogP contribution in [0.25, 0.3) is 0 Å². The number of hydrogen-bond acceptors (Lipinski definition) is 3. The van der Waals surface area contributed by atoms with Crippen LogP contribution in [0.3, 0.4) is 0 Å². The Balaban J connectivity index is 2.67. The van der Waals surface area contributed by atoms with Crippen molar-refractivity contribution in [1.82, 2.24) is 0 Å². The number of aliphatic hydroxyl groups excluding tert-OH is 1. The van der Waals surface area contributed by atoms with E-state index in [0.717, 1.165) is 9.35 Å². The molecule has 0 aliphatic carbocycles. The molecular formula is C7H10BrNOS. The van der Waals surface area contributed by atoms with Crippen LogP contribution in [-0.4, -0.2) is 11.7 Å². The van der Waals surface area contributed by atoms with Gasteiger partial charge in [-0.2, -0.15) is 0 Å².